The average Bonchev–Trinajstić information content (AvgIpc) is 3.15. The van der Waals surface area contributed by atoms with E-state index in [1.54, 1.807) is 6.26 Å². The van der Waals surface area contributed by atoms with Crippen molar-refractivity contribution in [3.8, 4) is 0 Å². The van der Waals surface area contributed by atoms with Crippen LogP contribution in [0.5, 0.6) is 0 Å². The van der Waals surface area contributed by atoms with Crippen LogP contribution in [0.1, 0.15) is 31.2 Å². The van der Waals surface area contributed by atoms with Crippen LogP contribution in [0, 0.1) is 0 Å². The molecular formula is C17H25N3O2. The minimum atomic E-state index is 0.0914. The van der Waals surface area contributed by atoms with Crippen LogP contribution in [0.25, 0.3) is 0 Å². The van der Waals surface area contributed by atoms with Crippen molar-refractivity contribution >= 4 is 5.91 Å². The zero-order valence-electron chi connectivity index (χ0n) is 13.4. The Balaban J connectivity index is 1.97. The van der Waals surface area contributed by atoms with E-state index in [9.17, 15) is 4.79 Å². The molecule has 2 aromatic rings. The van der Waals surface area contributed by atoms with Gasteiger partial charge in [-0.25, -0.2) is 0 Å². The number of nitrogens with one attached hydrogen (secondary N) is 1. The molecule has 0 spiro atoms. The molecule has 0 fully saturated rings. The Morgan fingerprint density at radius 2 is 2.18 bits per heavy atom. The van der Waals surface area contributed by atoms with Gasteiger partial charge in [-0.1, -0.05) is 13.3 Å². The van der Waals surface area contributed by atoms with Crippen LogP contribution in [0.15, 0.2) is 41.1 Å². The second kappa shape index (κ2) is 8.44. The lowest BCUT2D eigenvalue weighted by molar-refractivity contribution is -0.131. The Morgan fingerprint density at radius 3 is 2.82 bits per heavy atom. The third-order valence-electron chi connectivity index (χ3n) is 3.67. The summed E-state index contributed by atoms with van der Waals surface area (Å²) in [4.78, 5) is 14.3. The molecule has 1 N–H and O–H groups in total. The van der Waals surface area contributed by atoms with Gasteiger partial charge in [-0.3, -0.25) is 4.79 Å². The number of hydrogen-bond donors (Lipinski definition) is 1. The van der Waals surface area contributed by atoms with Gasteiger partial charge in [-0.2, -0.15) is 0 Å². The Kier molecular flexibility index (Phi) is 6.27. The highest BCUT2D eigenvalue weighted by atomic mass is 16.3. The fraction of sp³-hybridized carbons (Fsp3) is 0.471. The molecule has 0 bridgehead atoms. The number of aryl methyl sites for hydroxylation is 1. The molecule has 22 heavy (non-hydrogen) atoms. The molecule has 0 saturated heterocycles. The third-order valence-corrected chi connectivity index (χ3v) is 3.67. The predicted molar refractivity (Wildman–Crippen MR) is 86.2 cm³/mol. The molecule has 2 rings (SSSR count). The van der Waals surface area contributed by atoms with Crippen molar-refractivity contribution in [3.63, 3.8) is 0 Å². The summed E-state index contributed by atoms with van der Waals surface area (Å²) in [6.07, 6.45) is 5.84. The van der Waals surface area contributed by atoms with Gasteiger partial charge in [0.15, 0.2) is 0 Å². The Morgan fingerprint density at radius 1 is 1.32 bits per heavy atom. The summed E-state index contributed by atoms with van der Waals surface area (Å²) < 4.78 is 7.42. The second-order valence-electron chi connectivity index (χ2n) is 5.47. The maximum Gasteiger partial charge on any atom is 0.237 e. The number of unbranched alkanes of at least 4 members (excludes halogenated alkanes) is 1. The molecule has 0 aliphatic heterocycles. The lowest BCUT2D eigenvalue weighted by Crippen LogP contribution is -2.38. The SMILES string of the molecule is CCCCNCC(=O)N(Cc1ccco1)Cc1cccn1C. The number of nitrogens with zero attached hydrogens (tertiary/aromatic N) is 2. The Hall–Kier alpha value is -2.01. The van der Waals surface area contributed by atoms with Crippen LogP contribution in [0.2, 0.25) is 0 Å². The number of aromatic nitrogens is 1. The van der Waals surface area contributed by atoms with Crippen molar-refractivity contribution < 1.29 is 9.21 Å². The molecule has 5 heteroatoms. The summed E-state index contributed by atoms with van der Waals surface area (Å²) in [5.74, 6) is 0.893. The van der Waals surface area contributed by atoms with E-state index in [0.717, 1.165) is 30.8 Å². The average molecular weight is 303 g/mol. The van der Waals surface area contributed by atoms with Crippen molar-refractivity contribution in [2.45, 2.75) is 32.9 Å². The smallest absolute Gasteiger partial charge is 0.237 e. The number of amides is 1. The van der Waals surface area contributed by atoms with Crippen molar-refractivity contribution in [2.24, 2.45) is 7.05 Å². The van der Waals surface area contributed by atoms with Gasteiger partial charge >= 0.3 is 0 Å². The Labute approximate surface area is 131 Å². The van der Waals surface area contributed by atoms with E-state index < -0.39 is 0 Å². The third kappa shape index (κ3) is 4.77. The van der Waals surface area contributed by atoms with Gasteiger partial charge in [-0.05, 0) is 37.2 Å². The first-order valence-corrected chi connectivity index (χ1v) is 7.81. The molecule has 2 heterocycles. The first-order chi connectivity index (χ1) is 10.7. The van der Waals surface area contributed by atoms with Crippen LogP contribution >= 0.6 is 0 Å². The molecule has 0 aliphatic carbocycles. The van der Waals surface area contributed by atoms with Gasteiger partial charge in [0.05, 0.1) is 25.9 Å². The van der Waals surface area contributed by atoms with E-state index in [-0.39, 0.29) is 5.91 Å². The maximum atomic E-state index is 12.5. The number of carbonyl (C=O) groups excluding carboxylic acids is 1. The van der Waals surface area contributed by atoms with E-state index >= 15 is 0 Å². The fourth-order valence-electron chi connectivity index (χ4n) is 2.29. The van der Waals surface area contributed by atoms with E-state index in [2.05, 4.69) is 12.2 Å². The van der Waals surface area contributed by atoms with Gasteiger partial charge in [0.1, 0.15) is 5.76 Å². The molecule has 0 saturated carbocycles. The van der Waals surface area contributed by atoms with E-state index in [0.29, 0.717) is 19.6 Å². The fourth-order valence-corrected chi connectivity index (χ4v) is 2.29. The highest BCUT2D eigenvalue weighted by Crippen LogP contribution is 2.11. The second-order valence-corrected chi connectivity index (χ2v) is 5.47. The topological polar surface area (TPSA) is 50.4 Å². The van der Waals surface area contributed by atoms with Gasteiger partial charge in [0.25, 0.3) is 0 Å². The molecule has 0 aromatic carbocycles. The molecular weight excluding hydrogens is 278 g/mol. The van der Waals surface area contributed by atoms with Crippen LogP contribution < -0.4 is 5.32 Å². The standard InChI is InChI=1S/C17H25N3O2/c1-3-4-9-18-12-17(21)20(14-16-8-6-11-22-16)13-15-7-5-10-19(15)2/h5-8,10-11,18H,3-4,9,12-14H2,1-2H3. The van der Waals surface area contributed by atoms with Crippen molar-refractivity contribution in [3.05, 3.63) is 48.2 Å². The van der Waals surface area contributed by atoms with Gasteiger partial charge in [-0.15, -0.1) is 0 Å². The predicted octanol–water partition coefficient (Wildman–Crippen LogP) is 2.54. The van der Waals surface area contributed by atoms with Crippen LogP contribution in [0.4, 0.5) is 0 Å². The minimum Gasteiger partial charge on any atom is -0.467 e. The molecule has 2 aromatic heterocycles. The van der Waals surface area contributed by atoms with Crippen LogP contribution in [-0.4, -0.2) is 28.5 Å². The van der Waals surface area contributed by atoms with Gasteiger partial charge in [0, 0.05) is 18.9 Å². The summed E-state index contributed by atoms with van der Waals surface area (Å²) in [5.41, 5.74) is 1.11. The van der Waals surface area contributed by atoms with E-state index in [1.807, 2.05) is 47.0 Å². The minimum absolute atomic E-state index is 0.0914. The molecule has 0 radical (unpaired) electrons. The summed E-state index contributed by atoms with van der Waals surface area (Å²) in [7, 11) is 1.99. The largest absolute Gasteiger partial charge is 0.467 e. The molecule has 5 nitrogen and oxygen atoms in total. The highest BCUT2D eigenvalue weighted by molar-refractivity contribution is 5.78. The first kappa shape index (κ1) is 16.4. The molecule has 0 aliphatic rings. The number of rotatable bonds is 9. The van der Waals surface area contributed by atoms with E-state index in [4.69, 9.17) is 4.42 Å². The Bertz CT molecular complexity index is 560. The quantitative estimate of drug-likeness (QED) is 0.724. The number of carbonyl (C=O) groups is 1. The zero-order valence-corrected chi connectivity index (χ0v) is 13.4. The first-order valence-electron chi connectivity index (χ1n) is 7.81. The monoisotopic (exact) mass is 303 g/mol. The number of hydrogen-bond acceptors (Lipinski definition) is 3. The van der Waals surface area contributed by atoms with Crippen molar-refractivity contribution in [1.82, 2.24) is 14.8 Å². The normalized spacial score (nSPS) is 10.8. The summed E-state index contributed by atoms with van der Waals surface area (Å²) in [6.45, 7) is 4.46. The molecule has 120 valence electrons. The summed E-state index contributed by atoms with van der Waals surface area (Å²) in [5, 5.41) is 3.21. The summed E-state index contributed by atoms with van der Waals surface area (Å²) in [6, 6.07) is 7.77. The van der Waals surface area contributed by atoms with Crippen molar-refractivity contribution in [2.75, 3.05) is 13.1 Å². The maximum absolute atomic E-state index is 12.5. The summed E-state index contributed by atoms with van der Waals surface area (Å²) >= 11 is 0. The van der Waals surface area contributed by atoms with Crippen LogP contribution in [-0.2, 0) is 24.9 Å². The number of furan rings is 1. The van der Waals surface area contributed by atoms with Gasteiger partial charge in [0.2, 0.25) is 5.91 Å². The molecule has 0 atom stereocenters. The lowest BCUT2D eigenvalue weighted by Gasteiger charge is -2.22. The molecule has 0 unspecified atom stereocenters. The van der Waals surface area contributed by atoms with Crippen molar-refractivity contribution in [1.29, 1.82) is 0 Å². The zero-order chi connectivity index (χ0) is 15.8. The lowest BCUT2D eigenvalue weighted by atomic mass is 10.3. The highest BCUT2D eigenvalue weighted by Gasteiger charge is 2.16. The van der Waals surface area contributed by atoms with Gasteiger partial charge < -0.3 is 19.2 Å². The van der Waals surface area contributed by atoms with Crippen LogP contribution in [0.3, 0.4) is 0 Å². The van der Waals surface area contributed by atoms with E-state index in [1.165, 1.54) is 0 Å². The molecule has 1 amide bonds.